The minimum absolute atomic E-state index is 0.584. The highest BCUT2D eigenvalue weighted by molar-refractivity contribution is 7.11. The quantitative estimate of drug-likeness (QED) is 0.511. The van der Waals surface area contributed by atoms with Crippen molar-refractivity contribution in [2.45, 2.75) is 26.9 Å². The van der Waals surface area contributed by atoms with E-state index in [0.29, 0.717) is 13.1 Å². The maximum Gasteiger partial charge on any atom is 0.192 e. The Kier molecular flexibility index (Phi) is 6.14. The molecule has 25 heavy (non-hydrogen) atoms. The minimum Gasteiger partial charge on any atom is -0.357 e. The molecule has 3 rings (SSSR count). The molecule has 130 valence electrons. The Bertz CT molecular complexity index is 823. The van der Waals surface area contributed by atoms with E-state index >= 15 is 0 Å². The molecule has 7 heteroatoms. The molecule has 0 unspecified atom stereocenters. The SMILES string of the molecule is CCNC(=NCc1ncc(C)s1)NCc1nc(-c2ccccc2)cs1. The summed E-state index contributed by atoms with van der Waals surface area (Å²) in [6.07, 6.45) is 1.89. The van der Waals surface area contributed by atoms with Gasteiger partial charge in [0.15, 0.2) is 5.96 Å². The average molecular weight is 372 g/mol. The molecule has 0 aliphatic heterocycles. The van der Waals surface area contributed by atoms with Crippen LogP contribution in [0.5, 0.6) is 0 Å². The Morgan fingerprint density at radius 1 is 1.16 bits per heavy atom. The Morgan fingerprint density at radius 2 is 2.00 bits per heavy atom. The summed E-state index contributed by atoms with van der Waals surface area (Å²) in [5.74, 6) is 0.784. The van der Waals surface area contributed by atoms with Crippen LogP contribution in [-0.4, -0.2) is 22.5 Å². The van der Waals surface area contributed by atoms with Gasteiger partial charge in [-0.25, -0.2) is 15.0 Å². The fourth-order valence-corrected chi connectivity index (χ4v) is 3.71. The summed E-state index contributed by atoms with van der Waals surface area (Å²) in [4.78, 5) is 14.8. The Hall–Kier alpha value is -2.25. The first-order chi connectivity index (χ1) is 12.2. The van der Waals surface area contributed by atoms with Crippen LogP contribution >= 0.6 is 22.7 Å². The van der Waals surface area contributed by atoms with Crippen LogP contribution in [0.25, 0.3) is 11.3 Å². The molecule has 0 amide bonds. The van der Waals surface area contributed by atoms with E-state index in [1.165, 1.54) is 4.88 Å². The Balaban J connectivity index is 1.60. The third kappa shape index (κ3) is 5.11. The highest BCUT2D eigenvalue weighted by Crippen LogP contribution is 2.21. The number of nitrogens with one attached hydrogen (secondary N) is 2. The molecular weight excluding hydrogens is 350 g/mol. The summed E-state index contributed by atoms with van der Waals surface area (Å²) in [5.41, 5.74) is 2.16. The molecule has 0 aliphatic rings. The fourth-order valence-electron chi connectivity index (χ4n) is 2.26. The number of hydrogen-bond acceptors (Lipinski definition) is 5. The molecule has 3 aromatic rings. The molecule has 0 saturated carbocycles. The molecule has 0 bridgehead atoms. The maximum atomic E-state index is 4.70. The Morgan fingerprint density at radius 3 is 2.72 bits per heavy atom. The van der Waals surface area contributed by atoms with E-state index in [1.807, 2.05) is 24.4 Å². The van der Waals surface area contributed by atoms with Crippen LogP contribution in [0.2, 0.25) is 0 Å². The zero-order valence-corrected chi connectivity index (χ0v) is 16.0. The number of hydrogen-bond donors (Lipinski definition) is 2. The molecule has 0 radical (unpaired) electrons. The summed E-state index contributed by atoms with van der Waals surface area (Å²) in [7, 11) is 0. The number of nitrogens with zero attached hydrogens (tertiary/aromatic N) is 3. The lowest BCUT2D eigenvalue weighted by Gasteiger charge is -2.09. The first-order valence-corrected chi connectivity index (χ1v) is 9.87. The second kappa shape index (κ2) is 8.73. The number of rotatable bonds is 6. The van der Waals surface area contributed by atoms with E-state index in [4.69, 9.17) is 4.98 Å². The zero-order valence-electron chi connectivity index (χ0n) is 14.3. The largest absolute Gasteiger partial charge is 0.357 e. The summed E-state index contributed by atoms with van der Waals surface area (Å²) in [5, 5.41) is 10.8. The molecule has 2 heterocycles. The minimum atomic E-state index is 0.584. The molecule has 0 atom stereocenters. The Labute approximate surface area is 155 Å². The molecule has 0 fully saturated rings. The van der Waals surface area contributed by atoms with Gasteiger partial charge in [0.2, 0.25) is 0 Å². The number of aryl methyl sites for hydroxylation is 1. The van der Waals surface area contributed by atoms with E-state index in [1.54, 1.807) is 22.7 Å². The smallest absolute Gasteiger partial charge is 0.192 e. The highest BCUT2D eigenvalue weighted by Gasteiger charge is 2.06. The fraction of sp³-hybridized carbons (Fsp3) is 0.278. The van der Waals surface area contributed by atoms with Gasteiger partial charge in [-0.2, -0.15) is 0 Å². The standard InChI is InChI=1S/C18H21N5S2/c1-3-19-18(21-10-16-20-9-13(2)25-16)22-11-17-23-15(12-24-17)14-7-5-4-6-8-14/h4-9,12H,3,10-11H2,1-2H3,(H2,19,21,22). The molecule has 0 saturated heterocycles. The van der Waals surface area contributed by atoms with Gasteiger partial charge in [-0.05, 0) is 13.8 Å². The number of benzene rings is 1. The first kappa shape index (κ1) is 17.6. The van der Waals surface area contributed by atoms with E-state index in [2.05, 4.69) is 52.0 Å². The van der Waals surface area contributed by atoms with Gasteiger partial charge in [0.1, 0.15) is 10.0 Å². The van der Waals surface area contributed by atoms with Crippen molar-refractivity contribution < 1.29 is 0 Å². The molecule has 1 aromatic carbocycles. The monoisotopic (exact) mass is 371 g/mol. The van der Waals surface area contributed by atoms with Crippen molar-refractivity contribution in [1.29, 1.82) is 0 Å². The lowest BCUT2D eigenvalue weighted by Crippen LogP contribution is -2.36. The normalized spacial score (nSPS) is 11.5. The number of aromatic nitrogens is 2. The topological polar surface area (TPSA) is 62.2 Å². The van der Waals surface area contributed by atoms with E-state index in [-0.39, 0.29) is 0 Å². The summed E-state index contributed by atoms with van der Waals surface area (Å²) in [6.45, 7) is 6.17. The van der Waals surface area contributed by atoms with Crippen LogP contribution in [0.15, 0.2) is 46.9 Å². The van der Waals surface area contributed by atoms with E-state index < -0.39 is 0 Å². The van der Waals surface area contributed by atoms with Crippen molar-refractivity contribution in [2.24, 2.45) is 4.99 Å². The van der Waals surface area contributed by atoms with E-state index in [0.717, 1.165) is 33.8 Å². The van der Waals surface area contributed by atoms with Crippen molar-refractivity contribution in [3.63, 3.8) is 0 Å². The van der Waals surface area contributed by atoms with Crippen LogP contribution in [0.1, 0.15) is 21.8 Å². The predicted molar refractivity (Wildman–Crippen MR) is 106 cm³/mol. The molecule has 2 aromatic heterocycles. The van der Waals surface area contributed by atoms with Crippen molar-refractivity contribution in [3.05, 3.63) is 56.8 Å². The van der Waals surface area contributed by atoms with Crippen molar-refractivity contribution in [2.75, 3.05) is 6.54 Å². The number of guanidine groups is 1. The van der Waals surface area contributed by atoms with Crippen LogP contribution in [-0.2, 0) is 13.1 Å². The molecule has 0 aliphatic carbocycles. The molecule has 5 nitrogen and oxygen atoms in total. The zero-order chi connectivity index (χ0) is 17.5. The average Bonchev–Trinajstić information content (AvgIpc) is 3.27. The predicted octanol–water partition coefficient (Wildman–Crippen LogP) is 3.83. The second-order valence-electron chi connectivity index (χ2n) is 5.41. The molecule has 2 N–H and O–H groups in total. The third-order valence-electron chi connectivity index (χ3n) is 3.41. The van der Waals surface area contributed by atoms with Gasteiger partial charge in [-0.15, -0.1) is 22.7 Å². The lowest BCUT2D eigenvalue weighted by atomic mass is 10.2. The number of thiazole rings is 2. The first-order valence-electron chi connectivity index (χ1n) is 8.18. The van der Waals surface area contributed by atoms with Gasteiger partial charge in [0.25, 0.3) is 0 Å². The second-order valence-corrected chi connectivity index (χ2v) is 7.67. The van der Waals surface area contributed by atoms with Crippen LogP contribution < -0.4 is 10.6 Å². The van der Waals surface area contributed by atoms with Gasteiger partial charge in [0, 0.05) is 28.6 Å². The van der Waals surface area contributed by atoms with E-state index in [9.17, 15) is 0 Å². The number of aliphatic imine (C=N–C) groups is 1. The third-order valence-corrected chi connectivity index (χ3v) is 5.16. The maximum absolute atomic E-state index is 4.70. The highest BCUT2D eigenvalue weighted by atomic mass is 32.1. The van der Waals surface area contributed by atoms with Gasteiger partial charge in [0.05, 0.1) is 18.8 Å². The van der Waals surface area contributed by atoms with Crippen LogP contribution in [0.3, 0.4) is 0 Å². The van der Waals surface area contributed by atoms with Gasteiger partial charge < -0.3 is 10.6 Å². The lowest BCUT2D eigenvalue weighted by molar-refractivity contribution is 0.811. The molecular formula is C18H21N5S2. The summed E-state index contributed by atoms with van der Waals surface area (Å²) < 4.78 is 0. The molecule has 0 spiro atoms. The van der Waals surface area contributed by atoms with Gasteiger partial charge >= 0.3 is 0 Å². The van der Waals surface area contributed by atoms with Crippen LogP contribution in [0, 0.1) is 6.92 Å². The van der Waals surface area contributed by atoms with Crippen molar-refractivity contribution in [1.82, 2.24) is 20.6 Å². The van der Waals surface area contributed by atoms with Crippen molar-refractivity contribution in [3.8, 4) is 11.3 Å². The van der Waals surface area contributed by atoms with Gasteiger partial charge in [-0.1, -0.05) is 30.3 Å². The van der Waals surface area contributed by atoms with Crippen molar-refractivity contribution >= 4 is 28.6 Å². The van der Waals surface area contributed by atoms with Gasteiger partial charge in [-0.3, -0.25) is 0 Å². The summed E-state index contributed by atoms with van der Waals surface area (Å²) >= 11 is 3.33. The van der Waals surface area contributed by atoms with Crippen LogP contribution in [0.4, 0.5) is 0 Å². The summed E-state index contributed by atoms with van der Waals surface area (Å²) in [6, 6.07) is 10.2.